The van der Waals surface area contributed by atoms with Crippen LogP contribution in [0.15, 0.2) is 54.6 Å². The number of ether oxygens (including phenoxy) is 2. The Kier molecular flexibility index (Phi) is 3.77. The Morgan fingerprint density at radius 2 is 1.90 bits per heavy atom. The van der Waals surface area contributed by atoms with E-state index in [-0.39, 0.29) is 5.97 Å². The third kappa shape index (κ3) is 2.70. The summed E-state index contributed by atoms with van der Waals surface area (Å²) >= 11 is 0. The van der Waals surface area contributed by atoms with Crippen LogP contribution in [0.2, 0.25) is 0 Å². The van der Waals surface area contributed by atoms with Crippen molar-refractivity contribution in [1.29, 1.82) is 0 Å². The standard InChI is InChI=1S/C17H17NO3/c1-2-20-17(19)16-12-18(13-8-4-3-5-9-13)14-10-6-7-11-15(14)21-16/h3-11,16H,2,12H2,1H3/t16-/m1/s1. The van der Waals surface area contributed by atoms with Crippen molar-refractivity contribution in [3.05, 3.63) is 54.6 Å². The molecule has 3 rings (SSSR count). The molecule has 2 aromatic carbocycles. The number of nitrogens with zero attached hydrogens (tertiary/aromatic N) is 1. The van der Waals surface area contributed by atoms with Crippen LogP contribution in [-0.4, -0.2) is 25.2 Å². The van der Waals surface area contributed by atoms with Crippen LogP contribution in [-0.2, 0) is 9.53 Å². The first-order chi connectivity index (χ1) is 10.3. The third-order valence-electron chi connectivity index (χ3n) is 3.39. The van der Waals surface area contributed by atoms with Crippen LogP contribution in [0.3, 0.4) is 0 Å². The number of benzene rings is 2. The van der Waals surface area contributed by atoms with E-state index >= 15 is 0 Å². The summed E-state index contributed by atoms with van der Waals surface area (Å²) in [6, 6.07) is 17.7. The number of carbonyl (C=O) groups excluding carboxylic acids is 1. The van der Waals surface area contributed by atoms with Crippen molar-refractivity contribution in [3.63, 3.8) is 0 Å². The van der Waals surface area contributed by atoms with Gasteiger partial charge in [-0.15, -0.1) is 0 Å². The van der Waals surface area contributed by atoms with Crippen LogP contribution in [0.4, 0.5) is 11.4 Å². The zero-order valence-corrected chi connectivity index (χ0v) is 11.9. The van der Waals surface area contributed by atoms with Crippen LogP contribution < -0.4 is 9.64 Å². The predicted octanol–water partition coefficient (Wildman–Crippen LogP) is 3.15. The molecule has 0 aromatic heterocycles. The zero-order valence-electron chi connectivity index (χ0n) is 11.9. The van der Waals surface area contributed by atoms with Gasteiger partial charge in [0.05, 0.1) is 18.8 Å². The molecule has 21 heavy (non-hydrogen) atoms. The Hall–Kier alpha value is -2.49. The molecule has 2 aromatic rings. The monoisotopic (exact) mass is 283 g/mol. The lowest BCUT2D eigenvalue weighted by molar-refractivity contribution is -0.151. The van der Waals surface area contributed by atoms with Gasteiger partial charge in [-0.3, -0.25) is 0 Å². The molecular weight excluding hydrogens is 266 g/mol. The van der Waals surface area contributed by atoms with E-state index in [0.717, 1.165) is 11.4 Å². The van der Waals surface area contributed by atoms with Gasteiger partial charge in [0.15, 0.2) is 0 Å². The Bertz CT molecular complexity index is 627. The number of para-hydroxylation sites is 3. The van der Waals surface area contributed by atoms with Crippen molar-refractivity contribution >= 4 is 17.3 Å². The summed E-state index contributed by atoms with van der Waals surface area (Å²) in [4.78, 5) is 14.1. The summed E-state index contributed by atoms with van der Waals surface area (Å²) in [6.45, 7) is 2.59. The lowest BCUT2D eigenvalue weighted by Crippen LogP contribution is -2.43. The Labute approximate surface area is 123 Å². The first-order valence-corrected chi connectivity index (χ1v) is 7.04. The molecule has 1 heterocycles. The highest BCUT2D eigenvalue weighted by atomic mass is 16.6. The average molecular weight is 283 g/mol. The molecule has 0 amide bonds. The molecule has 0 N–H and O–H groups in total. The molecule has 0 bridgehead atoms. The molecule has 0 spiro atoms. The summed E-state index contributed by atoms with van der Waals surface area (Å²) < 4.78 is 10.9. The number of fused-ring (bicyclic) bond motifs is 1. The lowest BCUT2D eigenvalue weighted by atomic mass is 10.1. The number of hydrogen-bond donors (Lipinski definition) is 0. The van der Waals surface area contributed by atoms with Gasteiger partial charge in [0, 0.05) is 5.69 Å². The predicted molar refractivity (Wildman–Crippen MR) is 80.9 cm³/mol. The molecule has 0 saturated heterocycles. The molecule has 0 saturated carbocycles. The number of esters is 1. The van der Waals surface area contributed by atoms with E-state index in [0.29, 0.717) is 18.9 Å². The minimum Gasteiger partial charge on any atom is -0.475 e. The Balaban J connectivity index is 1.96. The highest BCUT2D eigenvalue weighted by molar-refractivity contribution is 5.80. The van der Waals surface area contributed by atoms with Crippen LogP contribution in [0.1, 0.15) is 6.92 Å². The number of rotatable bonds is 3. The van der Waals surface area contributed by atoms with Gasteiger partial charge in [0.2, 0.25) is 6.10 Å². The van der Waals surface area contributed by atoms with Gasteiger partial charge in [-0.1, -0.05) is 30.3 Å². The van der Waals surface area contributed by atoms with Crippen LogP contribution in [0.25, 0.3) is 0 Å². The molecule has 0 unspecified atom stereocenters. The van der Waals surface area contributed by atoms with Crippen molar-refractivity contribution < 1.29 is 14.3 Å². The molecule has 4 heteroatoms. The molecule has 108 valence electrons. The Morgan fingerprint density at radius 1 is 1.19 bits per heavy atom. The fourth-order valence-corrected chi connectivity index (χ4v) is 2.44. The SMILES string of the molecule is CCOC(=O)[C@H]1CN(c2ccccc2)c2ccccc2O1. The summed E-state index contributed by atoms with van der Waals surface area (Å²) in [5, 5.41) is 0. The maximum atomic E-state index is 12.0. The van der Waals surface area contributed by atoms with E-state index < -0.39 is 6.10 Å². The second-order valence-electron chi connectivity index (χ2n) is 4.77. The van der Waals surface area contributed by atoms with Gasteiger partial charge in [-0.2, -0.15) is 0 Å². The number of anilines is 2. The second kappa shape index (κ2) is 5.87. The van der Waals surface area contributed by atoms with Gasteiger partial charge in [-0.25, -0.2) is 4.79 Å². The zero-order chi connectivity index (χ0) is 14.7. The molecule has 1 aliphatic heterocycles. The minimum atomic E-state index is -0.611. The molecule has 1 aliphatic rings. The van der Waals surface area contributed by atoms with Crippen LogP contribution >= 0.6 is 0 Å². The van der Waals surface area contributed by atoms with E-state index in [1.165, 1.54) is 0 Å². The van der Waals surface area contributed by atoms with Crippen molar-refractivity contribution in [1.82, 2.24) is 0 Å². The topological polar surface area (TPSA) is 38.8 Å². The van der Waals surface area contributed by atoms with Crippen LogP contribution in [0.5, 0.6) is 5.75 Å². The highest BCUT2D eigenvalue weighted by Gasteiger charge is 2.32. The van der Waals surface area contributed by atoms with E-state index in [1.54, 1.807) is 6.92 Å². The van der Waals surface area contributed by atoms with E-state index in [2.05, 4.69) is 4.90 Å². The van der Waals surface area contributed by atoms with Crippen molar-refractivity contribution in [3.8, 4) is 5.75 Å². The summed E-state index contributed by atoms with van der Waals surface area (Å²) in [7, 11) is 0. The first kappa shape index (κ1) is 13.5. The second-order valence-corrected chi connectivity index (χ2v) is 4.77. The minimum absolute atomic E-state index is 0.326. The van der Waals surface area contributed by atoms with Gasteiger partial charge < -0.3 is 14.4 Å². The van der Waals surface area contributed by atoms with Crippen molar-refractivity contribution in [2.24, 2.45) is 0 Å². The molecular formula is C17H17NO3. The molecule has 0 radical (unpaired) electrons. The Morgan fingerprint density at radius 3 is 2.67 bits per heavy atom. The van der Waals surface area contributed by atoms with Crippen molar-refractivity contribution in [2.45, 2.75) is 13.0 Å². The fourth-order valence-electron chi connectivity index (χ4n) is 2.44. The highest BCUT2D eigenvalue weighted by Crippen LogP contribution is 2.37. The lowest BCUT2D eigenvalue weighted by Gasteiger charge is -2.35. The van der Waals surface area contributed by atoms with Gasteiger partial charge >= 0.3 is 5.97 Å². The maximum absolute atomic E-state index is 12.0. The summed E-state index contributed by atoms with van der Waals surface area (Å²) in [6.07, 6.45) is -0.611. The third-order valence-corrected chi connectivity index (χ3v) is 3.39. The van der Waals surface area contributed by atoms with E-state index in [9.17, 15) is 4.79 Å². The normalized spacial score (nSPS) is 16.8. The molecule has 0 fully saturated rings. The fraction of sp³-hybridized carbons (Fsp3) is 0.235. The van der Waals surface area contributed by atoms with Gasteiger partial charge in [0.25, 0.3) is 0 Å². The molecule has 0 aliphatic carbocycles. The summed E-state index contributed by atoms with van der Waals surface area (Å²) in [5.41, 5.74) is 1.99. The largest absolute Gasteiger partial charge is 0.475 e. The molecule has 1 atom stereocenters. The van der Waals surface area contributed by atoms with Crippen molar-refractivity contribution in [2.75, 3.05) is 18.1 Å². The van der Waals surface area contributed by atoms with Gasteiger partial charge in [0.1, 0.15) is 5.75 Å². The smallest absolute Gasteiger partial charge is 0.349 e. The number of carbonyl (C=O) groups is 1. The van der Waals surface area contributed by atoms with E-state index in [1.807, 2.05) is 54.6 Å². The van der Waals surface area contributed by atoms with Gasteiger partial charge in [-0.05, 0) is 31.2 Å². The van der Waals surface area contributed by atoms with E-state index in [4.69, 9.17) is 9.47 Å². The molecule has 4 nitrogen and oxygen atoms in total. The summed E-state index contributed by atoms with van der Waals surface area (Å²) in [5.74, 6) is 0.374. The maximum Gasteiger partial charge on any atom is 0.349 e. The first-order valence-electron chi connectivity index (χ1n) is 7.04. The quantitative estimate of drug-likeness (QED) is 0.811. The number of hydrogen-bond acceptors (Lipinski definition) is 4. The average Bonchev–Trinajstić information content (AvgIpc) is 2.55. The van der Waals surface area contributed by atoms with Crippen LogP contribution in [0, 0.1) is 0 Å².